The summed E-state index contributed by atoms with van der Waals surface area (Å²) in [5.74, 6) is 0.488. The molecule has 0 aliphatic rings. The Labute approximate surface area is 158 Å². The van der Waals surface area contributed by atoms with Gasteiger partial charge >= 0.3 is 0 Å². The SMILES string of the molecule is CNc1nc2sc(-c3cccc(C(=O)NCCO)c3)nc2c2c1ncn2C. The van der Waals surface area contributed by atoms with Gasteiger partial charge < -0.3 is 20.3 Å². The zero-order chi connectivity index (χ0) is 19.0. The minimum absolute atomic E-state index is 0.0938. The minimum Gasteiger partial charge on any atom is -0.395 e. The third-order valence-corrected chi connectivity index (χ3v) is 5.21. The number of anilines is 1. The van der Waals surface area contributed by atoms with E-state index < -0.39 is 0 Å². The van der Waals surface area contributed by atoms with E-state index in [-0.39, 0.29) is 19.1 Å². The van der Waals surface area contributed by atoms with Crippen LogP contribution in [0.25, 0.3) is 32.0 Å². The number of carbonyl (C=O) groups is 1. The molecule has 0 radical (unpaired) electrons. The van der Waals surface area contributed by atoms with Crippen molar-refractivity contribution < 1.29 is 9.90 Å². The number of aliphatic hydroxyl groups excluding tert-OH is 1. The predicted octanol–water partition coefficient (Wildman–Crippen LogP) is 2.01. The number of benzene rings is 1. The van der Waals surface area contributed by atoms with Gasteiger partial charge in [-0.15, -0.1) is 0 Å². The van der Waals surface area contributed by atoms with Gasteiger partial charge in [0.15, 0.2) is 5.82 Å². The summed E-state index contributed by atoms with van der Waals surface area (Å²) in [6, 6.07) is 7.27. The molecule has 0 aliphatic heterocycles. The quantitative estimate of drug-likeness (QED) is 0.488. The monoisotopic (exact) mass is 382 g/mol. The maximum absolute atomic E-state index is 12.2. The summed E-state index contributed by atoms with van der Waals surface area (Å²) in [6.45, 7) is 0.128. The van der Waals surface area contributed by atoms with Crippen molar-refractivity contribution in [3.63, 3.8) is 0 Å². The number of aryl methyl sites for hydroxylation is 1. The molecule has 0 saturated heterocycles. The number of aromatic nitrogens is 4. The second-order valence-corrected chi connectivity index (χ2v) is 6.97. The molecular weight excluding hydrogens is 364 g/mol. The van der Waals surface area contributed by atoms with Crippen LogP contribution in [-0.2, 0) is 7.05 Å². The van der Waals surface area contributed by atoms with Crippen molar-refractivity contribution in [2.24, 2.45) is 7.05 Å². The molecule has 27 heavy (non-hydrogen) atoms. The van der Waals surface area contributed by atoms with E-state index in [2.05, 4.69) is 20.6 Å². The highest BCUT2D eigenvalue weighted by Gasteiger charge is 2.17. The van der Waals surface area contributed by atoms with E-state index >= 15 is 0 Å². The van der Waals surface area contributed by atoms with Crippen LogP contribution >= 0.6 is 11.3 Å². The molecule has 0 aliphatic carbocycles. The number of hydrogen-bond acceptors (Lipinski definition) is 7. The van der Waals surface area contributed by atoms with Gasteiger partial charge in [-0.3, -0.25) is 4.79 Å². The molecule has 4 aromatic rings. The third-order valence-electron chi connectivity index (χ3n) is 4.21. The number of imidazole rings is 1. The fourth-order valence-electron chi connectivity index (χ4n) is 2.94. The summed E-state index contributed by atoms with van der Waals surface area (Å²) < 4.78 is 1.93. The smallest absolute Gasteiger partial charge is 0.251 e. The highest BCUT2D eigenvalue weighted by Crippen LogP contribution is 2.35. The van der Waals surface area contributed by atoms with E-state index in [1.54, 1.807) is 18.5 Å². The van der Waals surface area contributed by atoms with Gasteiger partial charge in [-0.05, 0) is 12.1 Å². The molecule has 3 N–H and O–H groups in total. The number of nitrogens with one attached hydrogen (secondary N) is 2. The van der Waals surface area contributed by atoms with E-state index in [1.807, 2.05) is 30.8 Å². The Bertz CT molecular complexity index is 1150. The van der Waals surface area contributed by atoms with E-state index in [0.717, 1.165) is 32.0 Å². The second-order valence-electron chi connectivity index (χ2n) is 6.00. The van der Waals surface area contributed by atoms with Crippen molar-refractivity contribution in [2.45, 2.75) is 0 Å². The summed E-state index contributed by atoms with van der Waals surface area (Å²) in [5, 5.41) is 15.4. The Hall–Kier alpha value is -3.04. The first-order chi connectivity index (χ1) is 13.1. The standard InChI is InChI=1S/C18H18N6O2S/c1-19-15-12-14(24(2)9-21-12)13-18(23-15)27-17(22-13)11-5-3-4-10(8-11)16(26)20-6-7-25/h3-5,8-9,25H,6-7H2,1-2H3,(H,19,23)(H,20,26). The largest absolute Gasteiger partial charge is 0.395 e. The summed E-state index contributed by atoms with van der Waals surface area (Å²) in [6.07, 6.45) is 1.75. The highest BCUT2D eigenvalue weighted by molar-refractivity contribution is 7.21. The topological polar surface area (TPSA) is 105 Å². The van der Waals surface area contributed by atoms with Gasteiger partial charge in [0, 0.05) is 31.8 Å². The fourth-order valence-corrected chi connectivity index (χ4v) is 3.88. The van der Waals surface area contributed by atoms with Crippen LogP contribution in [0.15, 0.2) is 30.6 Å². The molecule has 8 nitrogen and oxygen atoms in total. The first-order valence-corrected chi connectivity index (χ1v) is 9.23. The van der Waals surface area contributed by atoms with Gasteiger partial charge in [0.2, 0.25) is 0 Å². The fraction of sp³-hybridized carbons (Fsp3) is 0.222. The number of fused-ring (bicyclic) bond motifs is 3. The van der Waals surface area contributed by atoms with E-state index in [1.165, 1.54) is 11.3 Å². The molecule has 0 atom stereocenters. The lowest BCUT2D eigenvalue weighted by Crippen LogP contribution is -2.26. The van der Waals surface area contributed by atoms with Gasteiger partial charge in [-0.2, -0.15) is 0 Å². The number of thiazole rings is 1. The molecular formula is C18H18N6O2S. The van der Waals surface area contributed by atoms with Crippen molar-refractivity contribution in [3.8, 4) is 10.6 Å². The normalized spacial score (nSPS) is 11.2. The molecule has 0 fully saturated rings. The molecule has 1 aromatic carbocycles. The zero-order valence-electron chi connectivity index (χ0n) is 14.9. The summed E-state index contributed by atoms with van der Waals surface area (Å²) in [5.41, 5.74) is 3.86. The number of nitrogens with zero attached hydrogens (tertiary/aromatic N) is 4. The van der Waals surface area contributed by atoms with Crippen molar-refractivity contribution in [3.05, 3.63) is 36.2 Å². The third kappa shape index (κ3) is 3.00. The molecule has 0 spiro atoms. The maximum atomic E-state index is 12.2. The Morgan fingerprint density at radius 2 is 2.15 bits per heavy atom. The first kappa shape index (κ1) is 17.4. The minimum atomic E-state index is -0.225. The zero-order valence-corrected chi connectivity index (χ0v) is 15.7. The lowest BCUT2D eigenvalue weighted by Gasteiger charge is -2.04. The van der Waals surface area contributed by atoms with Crippen molar-refractivity contribution >= 4 is 44.4 Å². The van der Waals surface area contributed by atoms with Crippen LogP contribution in [-0.4, -0.2) is 50.7 Å². The summed E-state index contributed by atoms with van der Waals surface area (Å²) in [7, 11) is 3.75. The molecule has 0 bridgehead atoms. The van der Waals surface area contributed by atoms with Gasteiger partial charge in [-0.1, -0.05) is 23.5 Å². The number of hydrogen-bond donors (Lipinski definition) is 3. The van der Waals surface area contributed by atoms with Crippen LogP contribution in [0.2, 0.25) is 0 Å². The van der Waals surface area contributed by atoms with Crippen LogP contribution in [0.5, 0.6) is 0 Å². The molecule has 4 rings (SSSR count). The number of aliphatic hydroxyl groups is 1. The number of amides is 1. The first-order valence-electron chi connectivity index (χ1n) is 8.41. The maximum Gasteiger partial charge on any atom is 0.251 e. The van der Waals surface area contributed by atoms with Crippen molar-refractivity contribution in [2.75, 3.05) is 25.5 Å². The average molecular weight is 382 g/mol. The summed E-state index contributed by atoms with van der Waals surface area (Å²) >= 11 is 1.47. The Morgan fingerprint density at radius 1 is 1.30 bits per heavy atom. The van der Waals surface area contributed by atoms with Crippen LogP contribution in [0.4, 0.5) is 5.82 Å². The molecule has 3 heterocycles. The van der Waals surface area contributed by atoms with Crippen molar-refractivity contribution in [1.82, 2.24) is 24.8 Å². The molecule has 0 unspecified atom stereocenters. The van der Waals surface area contributed by atoms with Gasteiger partial charge in [0.05, 0.1) is 12.9 Å². The Kier molecular flexibility index (Phi) is 4.46. The number of rotatable bonds is 5. The predicted molar refractivity (Wildman–Crippen MR) is 106 cm³/mol. The van der Waals surface area contributed by atoms with E-state index in [4.69, 9.17) is 10.1 Å². The molecule has 3 aromatic heterocycles. The second kappa shape index (κ2) is 6.93. The molecule has 1 amide bonds. The highest BCUT2D eigenvalue weighted by atomic mass is 32.1. The lowest BCUT2D eigenvalue weighted by atomic mass is 10.1. The van der Waals surface area contributed by atoms with Gasteiger partial charge in [0.1, 0.15) is 26.4 Å². The van der Waals surface area contributed by atoms with Gasteiger partial charge in [0.25, 0.3) is 5.91 Å². The van der Waals surface area contributed by atoms with Crippen molar-refractivity contribution in [1.29, 1.82) is 0 Å². The number of pyridine rings is 1. The number of carbonyl (C=O) groups excluding carboxylic acids is 1. The van der Waals surface area contributed by atoms with Crippen LogP contribution in [0.1, 0.15) is 10.4 Å². The van der Waals surface area contributed by atoms with Crippen LogP contribution < -0.4 is 10.6 Å². The average Bonchev–Trinajstić information content (AvgIpc) is 3.29. The molecule has 0 saturated carbocycles. The van der Waals surface area contributed by atoms with Crippen LogP contribution in [0.3, 0.4) is 0 Å². The lowest BCUT2D eigenvalue weighted by molar-refractivity contribution is 0.0945. The summed E-state index contributed by atoms with van der Waals surface area (Å²) in [4.78, 5) is 26.8. The molecule has 138 valence electrons. The van der Waals surface area contributed by atoms with E-state index in [0.29, 0.717) is 11.4 Å². The Balaban J connectivity index is 1.82. The van der Waals surface area contributed by atoms with Gasteiger partial charge in [-0.25, -0.2) is 15.0 Å². The van der Waals surface area contributed by atoms with Crippen LogP contribution in [0, 0.1) is 0 Å². The Morgan fingerprint density at radius 3 is 2.93 bits per heavy atom. The van der Waals surface area contributed by atoms with E-state index in [9.17, 15) is 4.79 Å². The molecule has 9 heteroatoms.